The van der Waals surface area contributed by atoms with Gasteiger partial charge in [-0.15, -0.1) is 11.8 Å². The summed E-state index contributed by atoms with van der Waals surface area (Å²) in [6.45, 7) is 3.02. The van der Waals surface area contributed by atoms with Crippen molar-refractivity contribution in [2.24, 2.45) is 0 Å². The van der Waals surface area contributed by atoms with Gasteiger partial charge in [0.15, 0.2) is 5.78 Å². The third-order valence-corrected chi connectivity index (χ3v) is 4.28. The van der Waals surface area contributed by atoms with Gasteiger partial charge in [0, 0.05) is 16.5 Å². The molecule has 2 aromatic rings. The van der Waals surface area contributed by atoms with Crippen LogP contribution in [-0.4, -0.2) is 16.9 Å². The first-order valence-corrected chi connectivity index (χ1v) is 7.79. The van der Waals surface area contributed by atoms with E-state index in [1.54, 1.807) is 31.2 Å². The molecule has 0 bridgehead atoms. The molecular formula is C17H15F2NO2S. The molecule has 3 nitrogen and oxygen atoms in total. The number of halogens is 2. The summed E-state index contributed by atoms with van der Waals surface area (Å²) in [7, 11) is 0. The van der Waals surface area contributed by atoms with Crippen LogP contribution in [0.4, 0.5) is 14.5 Å². The lowest BCUT2D eigenvalue weighted by atomic mass is 10.1. The first-order valence-electron chi connectivity index (χ1n) is 6.91. The standard InChI is InChI=1S/C17H15F2NO2S/c1-10(21)13-5-3-4-6-15(13)20-17(22)11(2)23-16-8-7-12(18)9-14(16)19/h3-9,11H,1-2H3,(H,20,22). The predicted octanol–water partition coefficient (Wildman–Crippen LogP) is 4.29. The van der Waals surface area contributed by atoms with E-state index < -0.39 is 16.9 Å². The maximum atomic E-state index is 13.6. The molecule has 0 saturated carbocycles. The van der Waals surface area contributed by atoms with Gasteiger partial charge < -0.3 is 5.32 Å². The van der Waals surface area contributed by atoms with Gasteiger partial charge in [-0.05, 0) is 38.1 Å². The molecule has 6 heteroatoms. The minimum atomic E-state index is -0.709. The smallest absolute Gasteiger partial charge is 0.237 e. The zero-order valence-corrected chi connectivity index (χ0v) is 13.4. The Labute approximate surface area is 137 Å². The molecule has 1 N–H and O–H groups in total. The number of para-hydroxylation sites is 1. The van der Waals surface area contributed by atoms with Crippen LogP contribution in [0.25, 0.3) is 0 Å². The van der Waals surface area contributed by atoms with Crippen LogP contribution >= 0.6 is 11.8 Å². The molecule has 0 aliphatic carbocycles. The van der Waals surface area contributed by atoms with Gasteiger partial charge in [0.05, 0.1) is 10.9 Å². The molecular weight excluding hydrogens is 320 g/mol. The number of hydrogen-bond donors (Lipinski definition) is 1. The van der Waals surface area contributed by atoms with Gasteiger partial charge in [0.25, 0.3) is 0 Å². The molecule has 120 valence electrons. The quantitative estimate of drug-likeness (QED) is 0.655. The van der Waals surface area contributed by atoms with E-state index in [9.17, 15) is 18.4 Å². The lowest BCUT2D eigenvalue weighted by Gasteiger charge is -2.14. The molecule has 1 atom stereocenters. The summed E-state index contributed by atoms with van der Waals surface area (Å²) in [5.41, 5.74) is 0.822. The maximum absolute atomic E-state index is 13.6. The lowest BCUT2D eigenvalue weighted by Crippen LogP contribution is -2.23. The number of anilines is 1. The minimum Gasteiger partial charge on any atom is -0.324 e. The van der Waals surface area contributed by atoms with Crippen molar-refractivity contribution < 1.29 is 18.4 Å². The molecule has 0 aromatic heterocycles. The Bertz CT molecular complexity index is 749. The Hall–Kier alpha value is -2.21. The molecule has 0 saturated heterocycles. The lowest BCUT2D eigenvalue weighted by molar-refractivity contribution is -0.115. The van der Waals surface area contributed by atoms with Crippen molar-refractivity contribution in [3.63, 3.8) is 0 Å². The van der Waals surface area contributed by atoms with Crippen molar-refractivity contribution >= 4 is 29.1 Å². The third kappa shape index (κ3) is 4.39. The van der Waals surface area contributed by atoms with Crippen LogP contribution in [-0.2, 0) is 4.79 Å². The van der Waals surface area contributed by atoms with Crippen molar-refractivity contribution in [3.8, 4) is 0 Å². The number of benzene rings is 2. The van der Waals surface area contributed by atoms with E-state index in [0.29, 0.717) is 11.3 Å². The summed E-state index contributed by atoms with van der Waals surface area (Å²) in [4.78, 5) is 24.0. The zero-order chi connectivity index (χ0) is 17.0. The van der Waals surface area contributed by atoms with Gasteiger partial charge in [-0.2, -0.15) is 0 Å². The minimum absolute atomic E-state index is 0.161. The Morgan fingerprint density at radius 2 is 1.83 bits per heavy atom. The molecule has 0 fully saturated rings. The van der Waals surface area contributed by atoms with Gasteiger partial charge in [0.2, 0.25) is 5.91 Å². The SMILES string of the molecule is CC(=O)c1ccccc1NC(=O)C(C)Sc1ccc(F)cc1F. The second-order valence-corrected chi connectivity index (χ2v) is 6.31. The molecule has 1 amide bonds. The summed E-state index contributed by atoms with van der Waals surface area (Å²) < 4.78 is 26.5. The number of nitrogens with one attached hydrogen (secondary N) is 1. The summed E-state index contributed by atoms with van der Waals surface area (Å²) in [5.74, 6) is -1.91. The molecule has 2 rings (SSSR count). The molecule has 0 aliphatic heterocycles. The fraction of sp³-hybridized carbons (Fsp3) is 0.176. The van der Waals surface area contributed by atoms with E-state index in [4.69, 9.17) is 0 Å². The molecule has 1 unspecified atom stereocenters. The highest BCUT2D eigenvalue weighted by molar-refractivity contribution is 8.00. The molecule has 23 heavy (non-hydrogen) atoms. The van der Waals surface area contributed by atoms with Crippen molar-refractivity contribution in [3.05, 3.63) is 59.7 Å². The second kappa shape index (κ2) is 7.37. The van der Waals surface area contributed by atoms with E-state index in [1.165, 1.54) is 13.0 Å². The van der Waals surface area contributed by atoms with Gasteiger partial charge in [-0.25, -0.2) is 8.78 Å². The average molecular weight is 335 g/mol. The highest BCUT2D eigenvalue weighted by atomic mass is 32.2. The van der Waals surface area contributed by atoms with Crippen LogP contribution in [0.2, 0.25) is 0 Å². The maximum Gasteiger partial charge on any atom is 0.237 e. The van der Waals surface area contributed by atoms with Crippen LogP contribution in [0.15, 0.2) is 47.4 Å². The van der Waals surface area contributed by atoms with E-state index in [2.05, 4.69) is 5.32 Å². The summed E-state index contributed by atoms with van der Waals surface area (Å²) >= 11 is 0.982. The van der Waals surface area contributed by atoms with Crippen LogP contribution in [0, 0.1) is 11.6 Å². The zero-order valence-electron chi connectivity index (χ0n) is 12.6. The van der Waals surface area contributed by atoms with Crippen LogP contribution in [0.1, 0.15) is 24.2 Å². The topological polar surface area (TPSA) is 46.2 Å². The average Bonchev–Trinajstić information content (AvgIpc) is 2.50. The first kappa shape index (κ1) is 17.1. The fourth-order valence-corrected chi connectivity index (χ4v) is 2.81. The van der Waals surface area contributed by atoms with Crippen LogP contribution in [0.5, 0.6) is 0 Å². The van der Waals surface area contributed by atoms with Crippen molar-refractivity contribution in [2.75, 3.05) is 5.32 Å². The molecule has 0 heterocycles. The number of Topliss-reactive ketones (excluding diaryl/α,β-unsaturated/α-hetero) is 1. The Morgan fingerprint density at radius 3 is 2.48 bits per heavy atom. The summed E-state index contributed by atoms with van der Waals surface area (Å²) in [6, 6.07) is 9.87. The van der Waals surface area contributed by atoms with Gasteiger partial charge >= 0.3 is 0 Å². The predicted molar refractivity (Wildman–Crippen MR) is 86.8 cm³/mol. The normalized spacial score (nSPS) is 11.8. The van der Waals surface area contributed by atoms with Crippen molar-refractivity contribution in [1.82, 2.24) is 0 Å². The number of thioether (sulfide) groups is 1. The number of carbonyl (C=O) groups is 2. The van der Waals surface area contributed by atoms with Gasteiger partial charge in [-0.1, -0.05) is 12.1 Å². The summed E-state index contributed by atoms with van der Waals surface area (Å²) in [6.07, 6.45) is 0. The van der Waals surface area contributed by atoms with E-state index >= 15 is 0 Å². The Kier molecular flexibility index (Phi) is 5.50. The van der Waals surface area contributed by atoms with Gasteiger partial charge in [-0.3, -0.25) is 9.59 Å². The third-order valence-electron chi connectivity index (χ3n) is 3.13. The first-order chi connectivity index (χ1) is 10.9. The molecule has 0 aliphatic rings. The number of carbonyl (C=O) groups excluding carboxylic acids is 2. The summed E-state index contributed by atoms with van der Waals surface area (Å²) in [5, 5.41) is 2.05. The van der Waals surface area contributed by atoms with Crippen LogP contribution < -0.4 is 5.32 Å². The fourth-order valence-electron chi connectivity index (χ4n) is 1.95. The monoisotopic (exact) mass is 335 g/mol. The van der Waals surface area contributed by atoms with E-state index in [1.807, 2.05) is 0 Å². The highest BCUT2D eigenvalue weighted by Gasteiger charge is 2.18. The van der Waals surface area contributed by atoms with Crippen molar-refractivity contribution in [1.29, 1.82) is 0 Å². The van der Waals surface area contributed by atoms with Gasteiger partial charge in [0.1, 0.15) is 11.6 Å². The molecule has 2 aromatic carbocycles. The Morgan fingerprint density at radius 1 is 1.13 bits per heavy atom. The largest absolute Gasteiger partial charge is 0.324 e. The van der Waals surface area contributed by atoms with Crippen LogP contribution in [0.3, 0.4) is 0 Å². The number of amides is 1. The molecule has 0 radical (unpaired) electrons. The second-order valence-electron chi connectivity index (χ2n) is 4.93. The van der Waals surface area contributed by atoms with Crippen molar-refractivity contribution in [2.45, 2.75) is 24.0 Å². The highest BCUT2D eigenvalue weighted by Crippen LogP contribution is 2.27. The van der Waals surface area contributed by atoms with E-state index in [-0.39, 0.29) is 16.6 Å². The molecule has 0 spiro atoms. The Balaban J connectivity index is 2.10. The number of ketones is 1. The van der Waals surface area contributed by atoms with E-state index in [0.717, 1.165) is 23.9 Å². The number of hydrogen-bond acceptors (Lipinski definition) is 3. The number of rotatable bonds is 5.